The van der Waals surface area contributed by atoms with Crippen LogP contribution in [0.1, 0.15) is 16.7 Å². The van der Waals surface area contributed by atoms with E-state index in [2.05, 4.69) is 36.2 Å². The van der Waals surface area contributed by atoms with E-state index in [4.69, 9.17) is 11.6 Å². The Kier molecular flexibility index (Phi) is 3.31. The number of hydrogen-bond acceptors (Lipinski definition) is 4. The lowest BCUT2D eigenvalue weighted by Gasteiger charge is -2.30. The summed E-state index contributed by atoms with van der Waals surface area (Å²) in [4.78, 5) is 2.23. The van der Waals surface area contributed by atoms with Crippen molar-refractivity contribution < 1.29 is 0 Å². The summed E-state index contributed by atoms with van der Waals surface area (Å²) in [5.41, 5.74) is 12.5. The molecule has 1 aliphatic heterocycles. The molecule has 0 unspecified atom stereocenters. The second-order valence-electron chi connectivity index (χ2n) is 5.40. The summed E-state index contributed by atoms with van der Waals surface area (Å²) >= 11 is 0. The highest BCUT2D eigenvalue weighted by atomic mass is 15.4. The van der Waals surface area contributed by atoms with Crippen LogP contribution in [0.3, 0.4) is 0 Å². The first-order valence-electron chi connectivity index (χ1n) is 6.96. The van der Waals surface area contributed by atoms with Gasteiger partial charge in [-0.25, -0.2) is 5.84 Å². The molecule has 1 heterocycles. The van der Waals surface area contributed by atoms with Crippen molar-refractivity contribution >= 4 is 17.1 Å². The molecule has 108 valence electrons. The summed E-state index contributed by atoms with van der Waals surface area (Å²) in [7, 11) is 3.91. The van der Waals surface area contributed by atoms with Crippen molar-refractivity contribution in [1.82, 2.24) is 5.01 Å². The predicted molar refractivity (Wildman–Crippen MR) is 87.9 cm³/mol. The van der Waals surface area contributed by atoms with Gasteiger partial charge in [-0.2, -0.15) is 0 Å². The molecule has 21 heavy (non-hydrogen) atoms. The Morgan fingerprint density at radius 3 is 2.33 bits per heavy atom. The standard InChI is InChI=1S/C17H20N4/c1-20-11-12-7-3-4-8-13(12)16(18)17(21(2)19)14-9-5-6-10-15(14)20/h3-10H,11,18-19H2,1-2H3/b17-16-. The van der Waals surface area contributed by atoms with Crippen LogP contribution < -0.4 is 16.5 Å². The van der Waals surface area contributed by atoms with Crippen LogP contribution in [-0.2, 0) is 6.54 Å². The summed E-state index contributed by atoms with van der Waals surface area (Å²) in [6, 6.07) is 16.4. The highest BCUT2D eigenvalue weighted by Crippen LogP contribution is 2.35. The first kappa shape index (κ1) is 13.5. The maximum Gasteiger partial charge on any atom is 0.0843 e. The SMILES string of the molecule is CN(N)/C1=C(\N)c2ccccc2CN(C)c2ccccc21. The minimum absolute atomic E-state index is 0.719. The molecule has 2 aromatic carbocycles. The molecule has 0 amide bonds. The quantitative estimate of drug-likeness (QED) is 0.621. The average Bonchev–Trinajstić information content (AvgIpc) is 2.47. The van der Waals surface area contributed by atoms with Gasteiger partial charge in [0.15, 0.2) is 0 Å². The molecule has 0 bridgehead atoms. The monoisotopic (exact) mass is 280 g/mol. The zero-order chi connectivity index (χ0) is 15.0. The fraction of sp³-hybridized carbons (Fsp3) is 0.176. The number of nitrogens with two attached hydrogens (primary N) is 2. The fourth-order valence-electron chi connectivity index (χ4n) is 2.92. The van der Waals surface area contributed by atoms with E-state index in [0.29, 0.717) is 0 Å². The summed E-state index contributed by atoms with van der Waals surface area (Å²) in [5.74, 6) is 6.07. The highest BCUT2D eigenvalue weighted by Gasteiger charge is 2.21. The molecule has 0 saturated carbocycles. The van der Waals surface area contributed by atoms with Gasteiger partial charge in [0.2, 0.25) is 0 Å². The zero-order valence-corrected chi connectivity index (χ0v) is 12.4. The molecule has 0 saturated heterocycles. The van der Waals surface area contributed by atoms with E-state index in [1.54, 1.807) is 5.01 Å². The number of hydrazine groups is 1. The van der Waals surface area contributed by atoms with Crippen LogP contribution in [0.15, 0.2) is 48.5 Å². The molecule has 1 aliphatic rings. The second kappa shape index (κ2) is 5.14. The lowest BCUT2D eigenvalue weighted by atomic mass is 9.96. The Morgan fingerprint density at radius 2 is 1.62 bits per heavy atom. The normalized spacial score (nSPS) is 17.6. The zero-order valence-electron chi connectivity index (χ0n) is 12.4. The third kappa shape index (κ3) is 2.23. The number of fused-ring (bicyclic) bond motifs is 2. The Hall–Kier alpha value is -2.46. The molecule has 0 aromatic heterocycles. The maximum atomic E-state index is 6.46. The molecular formula is C17H20N4. The van der Waals surface area contributed by atoms with Gasteiger partial charge in [0, 0.05) is 37.5 Å². The molecule has 3 rings (SSSR count). The van der Waals surface area contributed by atoms with Crippen LogP contribution in [0.5, 0.6) is 0 Å². The van der Waals surface area contributed by atoms with Crippen molar-refractivity contribution in [3.05, 3.63) is 65.2 Å². The van der Waals surface area contributed by atoms with Gasteiger partial charge in [-0.15, -0.1) is 0 Å². The molecular weight excluding hydrogens is 260 g/mol. The topological polar surface area (TPSA) is 58.5 Å². The molecule has 4 N–H and O–H groups in total. The van der Waals surface area contributed by atoms with Crippen LogP contribution in [0.25, 0.3) is 11.4 Å². The van der Waals surface area contributed by atoms with E-state index in [-0.39, 0.29) is 0 Å². The Morgan fingerprint density at radius 1 is 1.00 bits per heavy atom. The van der Waals surface area contributed by atoms with Crippen molar-refractivity contribution in [1.29, 1.82) is 0 Å². The van der Waals surface area contributed by atoms with Gasteiger partial charge < -0.3 is 15.6 Å². The van der Waals surface area contributed by atoms with E-state index >= 15 is 0 Å². The Balaban J connectivity index is 2.35. The van der Waals surface area contributed by atoms with Crippen molar-refractivity contribution in [3.8, 4) is 0 Å². The summed E-state index contributed by atoms with van der Waals surface area (Å²) < 4.78 is 0. The first-order chi connectivity index (χ1) is 10.1. The predicted octanol–water partition coefficient (Wildman–Crippen LogP) is 2.23. The summed E-state index contributed by atoms with van der Waals surface area (Å²) in [5, 5.41) is 1.60. The average molecular weight is 280 g/mol. The van der Waals surface area contributed by atoms with Crippen LogP contribution in [-0.4, -0.2) is 19.1 Å². The van der Waals surface area contributed by atoms with Gasteiger partial charge in [-0.05, 0) is 11.6 Å². The smallest absolute Gasteiger partial charge is 0.0843 e. The van der Waals surface area contributed by atoms with Crippen molar-refractivity contribution in [2.24, 2.45) is 11.6 Å². The van der Waals surface area contributed by atoms with Gasteiger partial charge >= 0.3 is 0 Å². The highest BCUT2D eigenvalue weighted by molar-refractivity contribution is 5.93. The lowest BCUT2D eigenvalue weighted by Crippen LogP contribution is -2.30. The lowest BCUT2D eigenvalue weighted by molar-refractivity contribution is 0.511. The van der Waals surface area contributed by atoms with Gasteiger partial charge in [0.1, 0.15) is 0 Å². The minimum atomic E-state index is 0.719. The third-order valence-corrected chi connectivity index (χ3v) is 3.89. The van der Waals surface area contributed by atoms with E-state index in [1.165, 1.54) is 5.56 Å². The Bertz CT molecular complexity index is 703. The van der Waals surface area contributed by atoms with Crippen LogP contribution in [0.2, 0.25) is 0 Å². The van der Waals surface area contributed by atoms with E-state index in [9.17, 15) is 0 Å². The van der Waals surface area contributed by atoms with Gasteiger partial charge in [-0.3, -0.25) is 0 Å². The first-order valence-corrected chi connectivity index (χ1v) is 6.96. The van der Waals surface area contributed by atoms with Crippen LogP contribution in [0.4, 0.5) is 5.69 Å². The van der Waals surface area contributed by atoms with E-state index in [0.717, 1.165) is 34.8 Å². The van der Waals surface area contributed by atoms with Crippen molar-refractivity contribution in [2.75, 3.05) is 19.0 Å². The number of hydrogen-bond donors (Lipinski definition) is 2. The maximum absolute atomic E-state index is 6.46. The molecule has 0 atom stereocenters. The summed E-state index contributed by atoms with van der Waals surface area (Å²) in [6.45, 7) is 0.815. The van der Waals surface area contributed by atoms with Crippen LogP contribution in [0, 0.1) is 0 Å². The van der Waals surface area contributed by atoms with Crippen molar-refractivity contribution in [3.63, 3.8) is 0 Å². The number of rotatable bonds is 1. The van der Waals surface area contributed by atoms with Gasteiger partial charge in [-0.1, -0.05) is 42.5 Å². The fourth-order valence-corrected chi connectivity index (χ4v) is 2.92. The molecule has 0 fully saturated rings. The van der Waals surface area contributed by atoms with Crippen LogP contribution >= 0.6 is 0 Å². The molecule has 0 radical (unpaired) electrons. The number of nitrogens with zero attached hydrogens (tertiary/aromatic N) is 2. The van der Waals surface area contributed by atoms with E-state index in [1.807, 2.05) is 31.3 Å². The second-order valence-corrected chi connectivity index (χ2v) is 5.40. The van der Waals surface area contributed by atoms with Gasteiger partial charge in [0.05, 0.1) is 11.4 Å². The number of anilines is 1. The number of para-hydroxylation sites is 1. The number of benzene rings is 2. The molecule has 0 spiro atoms. The Labute approximate surface area is 125 Å². The molecule has 0 aliphatic carbocycles. The molecule has 2 aromatic rings. The summed E-state index contributed by atoms with van der Waals surface area (Å²) in [6.07, 6.45) is 0. The third-order valence-electron chi connectivity index (χ3n) is 3.89. The largest absolute Gasteiger partial charge is 0.396 e. The minimum Gasteiger partial charge on any atom is -0.396 e. The van der Waals surface area contributed by atoms with Gasteiger partial charge in [0.25, 0.3) is 0 Å². The van der Waals surface area contributed by atoms with E-state index < -0.39 is 0 Å². The molecule has 4 heteroatoms. The molecule has 4 nitrogen and oxygen atoms in total. The van der Waals surface area contributed by atoms with Crippen molar-refractivity contribution in [2.45, 2.75) is 6.54 Å².